The third-order valence-corrected chi connectivity index (χ3v) is 4.48. The number of hydrogen-bond acceptors (Lipinski definition) is 4. The predicted octanol–water partition coefficient (Wildman–Crippen LogP) is 5.42. The van der Waals surface area contributed by atoms with Crippen molar-refractivity contribution in [1.29, 1.82) is 0 Å². The van der Waals surface area contributed by atoms with Gasteiger partial charge in [0.2, 0.25) is 12.2 Å². The lowest BCUT2D eigenvalue weighted by Gasteiger charge is -2.06. The molecule has 0 aromatic rings. The number of aliphatic imine (C=N–C) groups is 2. The van der Waals surface area contributed by atoms with Crippen LogP contribution < -0.4 is 0 Å². The summed E-state index contributed by atoms with van der Waals surface area (Å²) >= 11 is 0. The van der Waals surface area contributed by atoms with E-state index in [1.165, 1.54) is 82.8 Å². The highest BCUT2D eigenvalue weighted by atomic mass is 16.2. The van der Waals surface area contributed by atoms with Gasteiger partial charge in [-0.3, -0.25) is 4.79 Å². The molecule has 0 aliphatic heterocycles. The second kappa shape index (κ2) is 18.8. The van der Waals surface area contributed by atoms with Gasteiger partial charge in [0, 0.05) is 0 Å². The standard InChI is InChI=1S/C20H34N2O3/c1-2-3-4-5-6-7-8-9-10-11-12-13-14-15-16-19(21-17-23)20(25)22-18-24/h19H,2-16H2,1H3. The lowest BCUT2D eigenvalue weighted by atomic mass is 10.0. The Kier molecular flexibility index (Phi) is 17.6. The zero-order valence-electron chi connectivity index (χ0n) is 15.8. The summed E-state index contributed by atoms with van der Waals surface area (Å²) in [7, 11) is 0. The summed E-state index contributed by atoms with van der Waals surface area (Å²) < 4.78 is 0. The van der Waals surface area contributed by atoms with Crippen LogP contribution in [-0.2, 0) is 14.4 Å². The fourth-order valence-electron chi connectivity index (χ4n) is 2.96. The van der Waals surface area contributed by atoms with E-state index in [-0.39, 0.29) is 0 Å². The van der Waals surface area contributed by atoms with Gasteiger partial charge in [-0.05, 0) is 6.42 Å². The molecule has 5 heteroatoms. The van der Waals surface area contributed by atoms with E-state index in [4.69, 9.17) is 0 Å². The third kappa shape index (κ3) is 15.7. The first-order valence-electron chi connectivity index (χ1n) is 9.95. The first-order valence-corrected chi connectivity index (χ1v) is 9.95. The molecule has 142 valence electrons. The Morgan fingerprint density at radius 3 is 1.56 bits per heavy atom. The van der Waals surface area contributed by atoms with Gasteiger partial charge in [0.05, 0.1) is 0 Å². The number of carbonyl (C=O) groups excluding carboxylic acids is 3. The van der Waals surface area contributed by atoms with Gasteiger partial charge in [-0.1, -0.05) is 96.8 Å². The molecule has 5 nitrogen and oxygen atoms in total. The molecule has 0 spiro atoms. The van der Waals surface area contributed by atoms with Crippen molar-refractivity contribution in [2.75, 3.05) is 0 Å². The van der Waals surface area contributed by atoms with Crippen LogP contribution in [0, 0.1) is 0 Å². The van der Waals surface area contributed by atoms with E-state index >= 15 is 0 Å². The van der Waals surface area contributed by atoms with Crippen molar-refractivity contribution < 1.29 is 14.4 Å². The fourth-order valence-corrected chi connectivity index (χ4v) is 2.96. The summed E-state index contributed by atoms with van der Waals surface area (Å²) in [4.78, 5) is 38.2. The minimum absolute atomic E-state index is 0.442. The second-order valence-corrected chi connectivity index (χ2v) is 6.66. The molecule has 0 heterocycles. The van der Waals surface area contributed by atoms with Crippen molar-refractivity contribution in [2.45, 2.75) is 109 Å². The van der Waals surface area contributed by atoms with E-state index in [2.05, 4.69) is 16.9 Å². The summed E-state index contributed by atoms with van der Waals surface area (Å²) in [5.41, 5.74) is 0. The van der Waals surface area contributed by atoms with Gasteiger partial charge < -0.3 is 0 Å². The maximum atomic E-state index is 11.4. The third-order valence-electron chi connectivity index (χ3n) is 4.48. The molecule has 0 rings (SSSR count). The first kappa shape index (κ1) is 23.4. The van der Waals surface area contributed by atoms with Crippen molar-refractivity contribution >= 4 is 18.1 Å². The summed E-state index contributed by atoms with van der Waals surface area (Å²) in [5.74, 6) is -0.701. The number of carbonyl (C=O) groups is 1. The van der Waals surface area contributed by atoms with Crippen LogP contribution >= 0.6 is 0 Å². The summed E-state index contributed by atoms with van der Waals surface area (Å²) in [6.07, 6.45) is 20.6. The summed E-state index contributed by atoms with van der Waals surface area (Å²) in [6, 6.07) is -0.865. The highest BCUT2D eigenvalue weighted by molar-refractivity contribution is 5.86. The topological polar surface area (TPSA) is 75.9 Å². The summed E-state index contributed by atoms with van der Waals surface area (Å²) in [5, 5.41) is 0. The smallest absolute Gasteiger partial charge is 0.269 e. The lowest BCUT2D eigenvalue weighted by molar-refractivity contribution is -0.119. The maximum absolute atomic E-state index is 11.4. The second-order valence-electron chi connectivity index (χ2n) is 6.66. The van der Waals surface area contributed by atoms with Gasteiger partial charge in [0.1, 0.15) is 6.04 Å². The lowest BCUT2D eigenvalue weighted by Crippen LogP contribution is -2.16. The van der Waals surface area contributed by atoms with Crippen molar-refractivity contribution in [1.82, 2.24) is 0 Å². The van der Waals surface area contributed by atoms with Crippen molar-refractivity contribution in [3.05, 3.63) is 0 Å². The SMILES string of the molecule is CCCCCCCCCCCCCCCCC(N=C=O)C(=O)N=C=O. The Balaban J connectivity index is 3.44. The molecule has 0 saturated carbocycles. The molecule has 0 bridgehead atoms. The van der Waals surface area contributed by atoms with E-state index < -0.39 is 11.9 Å². The van der Waals surface area contributed by atoms with Crippen LogP contribution in [-0.4, -0.2) is 24.1 Å². The molecule has 0 fully saturated rings. The maximum Gasteiger partial charge on any atom is 0.282 e. The van der Waals surface area contributed by atoms with E-state index in [0.717, 1.165) is 19.3 Å². The molecular weight excluding hydrogens is 316 g/mol. The van der Waals surface area contributed by atoms with Gasteiger partial charge in [-0.2, -0.15) is 4.99 Å². The molecule has 1 amide bonds. The Bertz CT molecular complexity index is 425. The predicted molar refractivity (Wildman–Crippen MR) is 100.0 cm³/mol. The average Bonchev–Trinajstić information content (AvgIpc) is 2.61. The molecule has 25 heavy (non-hydrogen) atoms. The van der Waals surface area contributed by atoms with Gasteiger partial charge in [0.25, 0.3) is 5.91 Å². The Morgan fingerprint density at radius 2 is 1.16 bits per heavy atom. The monoisotopic (exact) mass is 350 g/mol. The van der Waals surface area contributed by atoms with Crippen LogP contribution in [0.1, 0.15) is 103 Å². The van der Waals surface area contributed by atoms with E-state index in [9.17, 15) is 14.4 Å². The molecule has 0 N–H and O–H groups in total. The normalized spacial score (nSPS) is 11.4. The molecule has 0 radical (unpaired) electrons. The van der Waals surface area contributed by atoms with Crippen molar-refractivity contribution in [2.24, 2.45) is 9.98 Å². The van der Waals surface area contributed by atoms with Crippen LogP contribution in [0.4, 0.5) is 0 Å². The zero-order valence-corrected chi connectivity index (χ0v) is 15.8. The molecule has 0 saturated heterocycles. The van der Waals surface area contributed by atoms with Gasteiger partial charge in [-0.25, -0.2) is 9.59 Å². The Morgan fingerprint density at radius 1 is 0.720 bits per heavy atom. The van der Waals surface area contributed by atoms with Crippen molar-refractivity contribution in [3.8, 4) is 0 Å². The zero-order chi connectivity index (χ0) is 18.6. The number of isocyanates is 2. The van der Waals surface area contributed by atoms with Gasteiger partial charge in [-0.15, -0.1) is 4.99 Å². The Hall–Kier alpha value is -1.57. The van der Waals surface area contributed by atoms with Gasteiger partial charge in [0.15, 0.2) is 0 Å². The molecular formula is C20H34N2O3. The largest absolute Gasteiger partial charge is 0.282 e. The fraction of sp³-hybridized carbons (Fsp3) is 0.850. The molecule has 1 atom stereocenters. The average molecular weight is 351 g/mol. The van der Waals surface area contributed by atoms with Gasteiger partial charge >= 0.3 is 0 Å². The van der Waals surface area contributed by atoms with E-state index in [1.807, 2.05) is 0 Å². The molecule has 0 aliphatic carbocycles. The number of hydrogen-bond donors (Lipinski definition) is 0. The number of nitrogens with zero attached hydrogens (tertiary/aromatic N) is 2. The number of amides is 1. The van der Waals surface area contributed by atoms with Crippen LogP contribution in [0.25, 0.3) is 0 Å². The van der Waals surface area contributed by atoms with Crippen LogP contribution in [0.2, 0.25) is 0 Å². The number of rotatable bonds is 17. The molecule has 0 aliphatic rings. The molecule has 0 aromatic heterocycles. The molecule has 0 aromatic carbocycles. The van der Waals surface area contributed by atoms with Crippen LogP contribution in [0.3, 0.4) is 0 Å². The van der Waals surface area contributed by atoms with Crippen molar-refractivity contribution in [3.63, 3.8) is 0 Å². The highest BCUT2D eigenvalue weighted by Crippen LogP contribution is 2.14. The quantitative estimate of drug-likeness (QED) is 0.199. The minimum Gasteiger partial charge on any atom is -0.269 e. The summed E-state index contributed by atoms with van der Waals surface area (Å²) in [6.45, 7) is 2.25. The minimum atomic E-state index is -0.865. The number of unbranched alkanes of at least 4 members (excludes halogenated alkanes) is 13. The van der Waals surface area contributed by atoms with E-state index in [1.54, 1.807) is 0 Å². The van der Waals surface area contributed by atoms with Crippen LogP contribution in [0.15, 0.2) is 9.98 Å². The highest BCUT2D eigenvalue weighted by Gasteiger charge is 2.16. The first-order chi connectivity index (χ1) is 12.3. The Labute approximate surface area is 152 Å². The molecule has 1 unspecified atom stereocenters. The van der Waals surface area contributed by atoms with E-state index in [0.29, 0.717) is 6.42 Å². The van der Waals surface area contributed by atoms with Crippen LogP contribution in [0.5, 0.6) is 0 Å².